The number of β-amino-alcohol motifs (C(OH)–C–C–N with tert-alkyl or cyclic N) is 1. The molecule has 2 rings (SSSR count). The number of hydrogen-bond acceptors (Lipinski definition) is 2. The third kappa shape index (κ3) is 1.65. The molecule has 2 unspecified atom stereocenters. The lowest BCUT2D eigenvalue weighted by Crippen LogP contribution is -2.37. The van der Waals surface area contributed by atoms with E-state index in [1.54, 1.807) is 0 Å². The fourth-order valence-corrected chi connectivity index (χ4v) is 2.30. The molecule has 0 amide bonds. The summed E-state index contributed by atoms with van der Waals surface area (Å²) in [5.41, 5.74) is -0.364. The Labute approximate surface area is 80.2 Å². The van der Waals surface area contributed by atoms with Crippen molar-refractivity contribution < 1.29 is 5.11 Å². The lowest BCUT2D eigenvalue weighted by molar-refractivity contribution is 0.0251. The van der Waals surface area contributed by atoms with Crippen LogP contribution in [-0.2, 0) is 0 Å². The predicted octanol–water partition coefficient (Wildman–Crippen LogP) is 1.41. The summed E-state index contributed by atoms with van der Waals surface area (Å²) in [7, 11) is 0. The van der Waals surface area contributed by atoms with Gasteiger partial charge in [-0.2, -0.15) is 0 Å². The molecule has 74 valence electrons. The van der Waals surface area contributed by atoms with Crippen molar-refractivity contribution in [2.45, 2.75) is 37.8 Å². The molecule has 1 saturated heterocycles. The summed E-state index contributed by atoms with van der Waals surface area (Å²) >= 11 is 0. The summed E-state index contributed by atoms with van der Waals surface area (Å²) in [6.07, 6.45) is 5.37. The zero-order valence-electron chi connectivity index (χ0n) is 8.37. The van der Waals surface area contributed by atoms with Gasteiger partial charge in [-0.15, -0.1) is 6.58 Å². The minimum absolute atomic E-state index is 0.364. The third-order valence-corrected chi connectivity index (χ3v) is 3.56. The van der Waals surface area contributed by atoms with E-state index in [1.165, 1.54) is 12.8 Å². The molecule has 13 heavy (non-hydrogen) atoms. The Hall–Kier alpha value is -0.340. The number of rotatable bonds is 3. The van der Waals surface area contributed by atoms with E-state index >= 15 is 0 Å². The highest BCUT2D eigenvalue weighted by molar-refractivity contribution is 5.03. The van der Waals surface area contributed by atoms with E-state index < -0.39 is 0 Å². The summed E-state index contributed by atoms with van der Waals surface area (Å²) in [4.78, 5) is 2.32. The maximum absolute atomic E-state index is 10.3. The Balaban J connectivity index is 1.96. The van der Waals surface area contributed by atoms with Crippen molar-refractivity contribution in [1.82, 2.24) is 4.90 Å². The molecule has 2 heteroatoms. The molecule has 1 aliphatic carbocycles. The molecule has 0 radical (unpaired) electrons. The van der Waals surface area contributed by atoms with Crippen LogP contribution in [0.15, 0.2) is 12.7 Å². The Morgan fingerprint density at radius 1 is 1.62 bits per heavy atom. The monoisotopic (exact) mass is 181 g/mol. The number of nitrogens with zero attached hydrogens (tertiary/aromatic N) is 1. The number of likely N-dealkylation sites (tertiary alicyclic amines) is 1. The van der Waals surface area contributed by atoms with Gasteiger partial charge >= 0.3 is 0 Å². The van der Waals surface area contributed by atoms with Crippen LogP contribution in [0.3, 0.4) is 0 Å². The lowest BCUT2D eigenvalue weighted by atomic mass is 9.97. The zero-order chi connectivity index (χ0) is 9.47. The van der Waals surface area contributed by atoms with Gasteiger partial charge in [0.25, 0.3) is 0 Å². The molecule has 1 saturated carbocycles. The van der Waals surface area contributed by atoms with Crippen molar-refractivity contribution >= 4 is 0 Å². The Kier molecular flexibility index (Phi) is 2.20. The van der Waals surface area contributed by atoms with Gasteiger partial charge in [-0.25, -0.2) is 0 Å². The Bertz CT molecular complexity index is 212. The molecule has 2 nitrogen and oxygen atoms in total. The summed E-state index contributed by atoms with van der Waals surface area (Å²) < 4.78 is 0. The summed E-state index contributed by atoms with van der Waals surface area (Å²) in [6, 6.07) is 0.410. The van der Waals surface area contributed by atoms with Crippen molar-refractivity contribution in [1.29, 1.82) is 0 Å². The van der Waals surface area contributed by atoms with E-state index in [0.717, 1.165) is 19.5 Å². The predicted molar refractivity (Wildman–Crippen MR) is 53.5 cm³/mol. The molecule has 1 aliphatic heterocycles. The molecule has 0 aromatic rings. The van der Waals surface area contributed by atoms with E-state index in [-0.39, 0.29) is 5.60 Å². The topological polar surface area (TPSA) is 23.5 Å². The minimum Gasteiger partial charge on any atom is -0.388 e. The van der Waals surface area contributed by atoms with Crippen molar-refractivity contribution in [2.24, 2.45) is 5.92 Å². The highest BCUT2D eigenvalue weighted by Gasteiger charge is 2.48. The molecule has 1 heterocycles. The highest BCUT2D eigenvalue weighted by Crippen LogP contribution is 2.44. The van der Waals surface area contributed by atoms with Crippen molar-refractivity contribution in [3.63, 3.8) is 0 Å². The van der Waals surface area contributed by atoms with Gasteiger partial charge in [0.2, 0.25) is 0 Å². The van der Waals surface area contributed by atoms with E-state index in [0.29, 0.717) is 12.0 Å². The van der Waals surface area contributed by atoms with Crippen LogP contribution in [-0.4, -0.2) is 34.7 Å². The quantitative estimate of drug-likeness (QED) is 0.665. The minimum atomic E-state index is -0.364. The van der Waals surface area contributed by atoms with Gasteiger partial charge in [-0.3, -0.25) is 4.90 Å². The van der Waals surface area contributed by atoms with E-state index in [9.17, 15) is 5.11 Å². The first-order valence-corrected chi connectivity index (χ1v) is 5.25. The van der Waals surface area contributed by atoms with E-state index in [2.05, 4.69) is 18.4 Å². The molecule has 0 spiro atoms. The molecule has 0 aromatic heterocycles. The van der Waals surface area contributed by atoms with Gasteiger partial charge in [0.05, 0.1) is 5.60 Å². The average Bonchev–Trinajstić information content (AvgIpc) is 2.90. The van der Waals surface area contributed by atoms with Crippen molar-refractivity contribution in [3.8, 4) is 0 Å². The van der Waals surface area contributed by atoms with Crippen LogP contribution in [0.4, 0.5) is 0 Å². The van der Waals surface area contributed by atoms with E-state index in [4.69, 9.17) is 0 Å². The average molecular weight is 181 g/mol. The van der Waals surface area contributed by atoms with Crippen LogP contribution in [0.2, 0.25) is 0 Å². The summed E-state index contributed by atoms with van der Waals surface area (Å²) in [5, 5.41) is 10.3. The first kappa shape index (κ1) is 9.22. The van der Waals surface area contributed by atoms with Crippen LogP contribution < -0.4 is 0 Å². The lowest BCUT2D eigenvalue weighted by Gasteiger charge is -2.25. The Morgan fingerprint density at radius 2 is 2.31 bits per heavy atom. The molecule has 0 bridgehead atoms. The largest absolute Gasteiger partial charge is 0.388 e. The summed E-state index contributed by atoms with van der Waals surface area (Å²) in [5.74, 6) is 0.592. The van der Waals surface area contributed by atoms with Crippen molar-refractivity contribution in [2.75, 3.05) is 13.1 Å². The molecule has 0 aromatic carbocycles. The number of hydrogen-bond donors (Lipinski definition) is 1. The highest BCUT2D eigenvalue weighted by atomic mass is 16.3. The van der Waals surface area contributed by atoms with Gasteiger partial charge in [0, 0.05) is 19.1 Å². The van der Waals surface area contributed by atoms with Crippen LogP contribution in [0, 0.1) is 5.92 Å². The van der Waals surface area contributed by atoms with Crippen LogP contribution in [0.25, 0.3) is 0 Å². The molecule has 1 N–H and O–H groups in total. The fraction of sp³-hybridized carbons (Fsp3) is 0.818. The van der Waals surface area contributed by atoms with Crippen LogP contribution in [0.5, 0.6) is 0 Å². The van der Waals surface area contributed by atoms with Gasteiger partial charge in [-0.05, 0) is 32.1 Å². The van der Waals surface area contributed by atoms with Gasteiger partial charge in [0.1, 0.15) is 0 Å². The second-order valence-corrected chi connectivity index (χ2v) is 4.57. The standard InChI is InChI=1S/C11H19NO/c1-3-9(2)12-7-6-11(13,8-12)10-4-5-10/h3,9-10,13H,1,4-8H2,2H3. The molecule has 2 atom stereocenters. The van der Waals surface area contributed by atoms with Gasteiger partial charge in [-0.1, -0.05) is 6.08 Å². The normalized spacial score (nSPS) is 37.7. The van der Waals surface area contributed by atoms with Crippen LogP contribution >= 0.6 is 0 Å². The first-order chi connectivity index (χ1) is 6.15. The summed E-state index contributed by atoms with van der Waals surface area (Å²) in [6.45, 7) is 7.81. The SMILES string of the molecule is C=CC(C)N1CCC(O)(C2CC2)C1. The third-order valence-electron chi connectivity index (χ3n) is 3.56. The molecule has 2 fully saturated rings. The first-order valence-electron chi connectivity index (χ1n) is 5.25. The number of aliphatic hydroxyl groups is 1. The van der Waals surface area contributed by atoms with Gasteiger partial charge in [0.15, 0.2) is 0 Å². The maximum Gasteiger partial charge on any atom is 0.0814 e. The molecule has 2 aliphatic rings. The maximum atomic E-state index is 10.3. The smallest absolute Gasteiger partial charge is 0.0814 e. The van der Waals surface area contributed by atoms with Crippen LogP contribution in [0.1, 0.15) is 26.2 Å². The second-order valence-electron chi connectivity index (χ2n) is 4.57. The van der Waals surface area contributed by atoms with Gasteiger partial charge < -0.3 is 5.11 Å². The zero-order valence-corrected chi connectivity index (χ0v) is 8.37. The Morgan fingerprint density at radius 3 is 2.85 bits per heavy atom. The molecular weight excluding hydrogens is 162 g/mol. The molecular formula is C11H19NO. The van der Waals surface area contributed by atoms with Crippen molar-refractivity contribution in [3.05, 3.63) is 12.7 Å². The second kappa shape index (κ2) is 3.10. The fourth-order valence-electron chi connectivity index (χ4n) is 2.30. The van der Waals surface area contributed by atoms with E-state index in [1.807, 2.05) is 6.08 Å².